The van der Waals surface area contributed by atoms with Gasteiger partial charge in [0.1, 0.15) is 5.01 Å². The van der Waals surface area contributed by atoms with Gasteiger partial charge in [-0.25, -0.2) is 4.98 Å². The highest BCUT2D eigenvalue weighted by Gasteiger charge is 2.27. The number of rotatable bonds is 5. The number of aryl methyl sites for hydroxylation is 2. The third-order valence-corrected chi connectivity index (χ3v) is 5.65. The van der Waals surface area contributed by atoms with E-state index >= 15 is 0 Å². The van der Waals surface area contributed by atoms with Gasteiger partial charge < -0.3 is 10.6 Å². The molecule has 0 aromatic carbocycles. The van der Waals surface area contributed by atoms with Crippen molar-refractivity contribution in [2.24, 2.45) is 5.92 Å². The first-order valence-corrected chi connectivity index (χ1v) is 8.66. The summed E-state index contributed by atoms with van der Waals surface area (Å²) in [4.78, 5) is 18.0. The lowest BCUT2D eigenvalue weighted by molar-refractivity contribution is -0.123. The van der Waals surface area contributed by atoms with Gasteiger partial charge in [-0.05, 0) is 66.0 Å². The summed E-state index contributed by atoms with van der Waals surface area (Å²) in [7, 11) is 0. The van der Waals surface area contributed by atoms with Crippen LogP contribution in [0.1, 0.15) is 55.1 Å². The normalized spacial score (nSPS) is 15.5. The predicted molar refractivity (Wildman–Crippen MR) is 102 cm³/mol. The number of aromatic nitrogens is 1. The second kappa shape index (κ2) is 9.82. The van der Waals surface area contributed by atoms with Crippen LogP contribution in [-0.2, 0) is 10.3 Å². The molecule has 2 N–H and O–H groups in total. The molecule has 1 amide bonds. The van der Waals surface area contributed by atoms with E-state index in [9.17, 15) is 4.79 Å². The van der Waals surface area contributed by atoms with Crippen molar-refractivity contribution >= 4 is 42.1 Å². The molecule has 0 spiro atoms. The summed E-state index contributed by atoms with van der Waals surface area (Å²) in [6.45, 7) is 10.3. The Balaban J connectivity index is 0.00000242. The van der Waals surface area contributed by atoms with Crippen LogP contribution in [0, 0.1) is 19.8 Å². The van der Waals surface area contributed by atoms with E-state index in [4.69, 9.17) is 0 Å². The summed E-state index contributed by atoms with van der Waals surface area (Å²) in [6, 6.07) is 0. The van der Waals surface area contributed by atoms with Crippen molar-refractivity contribution in [3.8, 4) is 0 Å². The summed E-state index contributed by atoms with van der Waals surface area (Å²) in [5.41, 5.74) is 0.682. The van der Waals surface area contributed by atoms with E-state index in [0.29, 0.717) is 12.3 Å². The van der Waals surface area contributed by atoms with Crippen LogP contribution in [0.3, 0.4) is 0 Å². The number of nitrogens with zero attached hydrogens (tertiary/aromatic N) is 1. The lowest BCUT2D eigenvalue weighted by atomic mass is 9.93. The van der Waals surface area contributed by atoms with Crippen molar-refractivity contribution in [2.75, 3.05) is 13.1 Å². The van der Waals surface area contributed by atoms with Gasteiger partial charge >= 0.3 is 0 Å². The number of hydrogen-bond donors (Lipinski definition) is 2. The quantitative estimate of drug-likeness (QED) is 0.816. The summed E-state index contributed by atoms with van der Waals surface area (Å²) >= 11 is 1.68. The van der Waals surface area contributed by atoms with Gasteiger partial charge in [0.2, 0.25) is 5.91 Å². The molecule has 1 aliphatic rings. The van der Waals surface area contributed by atoms with Crippen molar-refractivity contribution in [2.45, 2.75) is 58.9 Å². The highest BCUT2D eigenvalue weighted by molar-refractivity contribution is 7.11. The Morgan fingerprint density at radius 1 is 1.30 bits per heavy atom. The molecule has 2 rings (SSSR count). The van der Waals surface area contributed by atoms with E-state index in [2.05, 4.69) is 22.5 Å². The molecule has 0 radical (unpaired) electrons. The monoisotopic (exact) mass is 381 g/mol. The Kier molecular flexibility index (Phi) is 9.67. The molecule has 4 nitrogen and oxygen atoms in total. The molecule has 0 aliphatic carbocycles. The predicted octanol–water partition coefficient (Wildman–Crippen LogP) is 3.73. The van der Waals surface area contributed by atoms with Gasteiger partial charge in [0.15, 0.2) is 0 Å². The molecule has 1 saturated heterocycles. The largest absolute Gasteiger partial charge is 0.345 e. The maximum Gasteiger partial charge on any atom is 0.220 e. The topological polar surface area (TPSA) is 54.0 Å². The van der Waals surface area contributed by atoms with Crippen LogP contribution in [0.5, 0.6) is 0 Å². The molecule has 0 bridgehead atoms. The molecule has 1 aromatic heterocycles. The Morgan fingerprint density at radius 2 is 1.91 bits per heavy atom. The SMILES string of the molecule is Cc1nc(C(C)(C)NC(=O)CCC2CCNCC2)sc1C.Cl.Cl. The minimum atomic E-state index is -0.380. The zero-order chi connectivity index (χ0) is 15.5. The fraction of sp³-hybridized carbons (Fsp3) is 0.750. The van der Waals surface area contributed by atoms with Gasteiger partial charge in [0.05, 0.1) is 11.2 Å². The van der Waals surface area contributed by atoms with E-state index in [1.807, 2.05) is 20.8 Å². The van der Waals surface area contributed by atoms with Crippen molar-refractivity contribution in [1.82, 2.24) is 15.6 Å². The number of halogens is 2. The van der Waals surface area contributed by atoms with Crippen molar-refractivity contribution in [3.05, 3.63) is 15.6 Å². The number of carbonyl (C=O) groups excluding carboxylic acids is 1. The summed E-state index contributed by atoms with van der Waals surface area (Å²) < 4.78 is 0. The van der Waals surface area contributed by atoms with E-state index in [1.54, 1.807) is 11.3 Å². The minimum absolute atomic E-state index is 0. The van der Waals surface area contributed by atoms with Crippen molar-refractivity contribution in [3.63, 3.8) is 0 Å². The second-order valence-electron chi connectivity index (χ2n) is 6.57. The number of amides is 1. The Morgan fingerprint density at radius 3 is 2.43 bits per heavy atom. The van der Waals surface area contributed by atoms with Gasteiger partial charge in [-0.3, -0.25) is 4.79 Å². The van der Waals surface area contributed by atoms with E-state index in [-0.39, 0.29) is 36.3 Å². The van der Waals surface area contributed by atoms with Crippen LogP contribution in [0.15, 0.2) is 0 Å². The fourth-order valence-electron chi connectivity index (χ4n) is 2.71. The third-order valence-electron chi connectivity index (χ3n) is 4.25. The lowest BCUT2D eigenvalue weighted by Gasteiger charge is -2.25. The average molecular weight is 382 g/mol. The van der Waals surface area contributed by atoms with Gasteiger partial charge in [0.25, 0.3) is 0 Å². The highest BCUT2D eigenvalue weighted by Crippen LogP contribution is 2.27. The molecule has 1 fully saturated rings. The van der Waals surface area contributed by atoms with Crippen molar-refractivity contribution < 1.29 is 4.79 Å². The Hall–Kier alpha value is -0.360. The number of piperidine rings is 1. The van der Waals surface area contributed by atoms with E-state index in [1.165, 1.54) is 17.7 Å². The molecule has 0 atom stereocenters. The smallest absolute Gasteiger partial charge is 0.220 e. The van der Waals surface area contributed by atoms with Crippen LogP contribution in [0.25, 0.3) is 0 Å². The first-order valence-electron chi connectivity index (χ1n) is 7.84. The molecule has 1 aromatic rings. The van der Waals surface area contributed by atoms with Crippen LogP contribution in [-0.4, -0.2) is 24.0 Å². The molecular formula is C16H29Cl2N3OS. The zero-order valence-electron chi connectivity index (χ0n) is 14.4. The first kappa shape index (κ1) is 22.6. The van der Waals surface area contributed by atoms with Crippen LogP contribution >= 0.6 is 36.2 Å². The number of hydrogen-bond acceptors (Lipinski definition) is 4. The maximum absolute atomic E-state index is 12.2. The van der Waals surface area contributed by atoms with Gasteiger partial charge in [-0.1, -0.05) is 0 Å². The molecule has 0 saturated carbocycles. The van der Waals surface area contributed by atoms with Crippen molar-refractivity contribution in [1.29, 1.82) is 0 Å². The maximum atomic E-state index is 12.2. The van der Waals surface area contributed by atoms with Gasteiger partial charge in [-0.2, -0.15) is 0 Å². The molecule has 134 valence electrons. The summed E-state index contributed by atoms with van der Waals surface area (Å²) in [5, 5.41) is 7.50. The molecule has 0 unspecified atom stereocenters. The zero-order valence-corrected chi connectivity index (χ0v) is 16.8. The van der Waals surface area contributed by atoms with Crippen LogP contribution in [0.4, 0.5) is 0 Å². The lowest BCUT2D eigenvalue weighted by Crippen LogP contribution is -2.41. The first-order chi connectivity index (χ1) is 9.88. The van der Waals surface area contributed by atoms with E-state index < -0.39 is 0 Å². The third kappa shape index (κ3) is 6.57. The molecular weight excluding hydrogens is 353 g/mol. The van der Waals surface area contributed by atoms with Gasteiger partial charge in [-0.15, -0.1) is 36.2 Å². The van der Waals surface area contributed by atoms with Gasteiger partial charge in [0, 0.05) is 11.3 Å². The molecule has 1 aliphatic heterocycles. The summed E-state index contributed by atoms with van der Waals surface area (Å²) in [5.74, 6) is 0.841. The van der Waals surface area contributed by atoms with Crippen LogP contribution < -0.4 is 10.6 Å². The molecule has 7 heteroatoms. The Labute approximate surface area is 156 Å². The van der Waals surface area contributed by atoms with E-state index in [0.717, 1.165) is 30.2 Å². The second-order valence-corrected chi connectivity index (χ2v) is 7.77. The fourth-order valence-corrected chi connectivity index (χ4v) is 3.68. The number of thiazole rings is 1. The standard InChI is InChI=1S/C16H27N3OS.2ClH/c1-11-12(2)21-15(18-11)16(3,4)19-14(20)6-5-13-7-9-17-10-8-13;;/h13,17H,5-10H2,1-4H3,(H,19,20);2*1H. The Bertz CT molecular complexity index is 480. The number of carbonyl (C=O) groups is 1. The van der Waals surface area contributed by atoms with Crippen LogP contribution in [0.2, 0.25) is 0 Å². The minimum Gasteiger partial charge on any atom is -0.345 e. The average Bonchev–Trinajstić information content (AvgIpc) is 2.78. The molecule has 23 heavy (non-hydrogen) atoms. The summed E-state index contributed by atoms with van der Waals surface area (Å²) in [6.07, 6.45) is 4.01. The highest BCUT2D eigenvalue weighted by atomic mass is 35.5. The number of nitrogens with one attached hydrogen (secondary N) is 2. The molecule has 2 heterocycles.